The molecule has 1 unspecified atom stereocenters. The van der Waals surface area contributed by atoms with E-state index in [1.807, 2.05) is 0 Å². The number of amides is 1. The smallest absolute Gasteiger partial charge is 0.304 e. The van der Waals surface area contributed by atoms with Crippen molar-refractivity contribution in [2.75, 3.05) is 6.61 Å². The molecule has 2 aliphatic rings. The van der Waals surface area contributed by atoms with E-state index in [4.69, 9.17) is 14.2 Å². The third-order valence-corrected chi connectivity index (χ3v) is 2.56. The van der Waals surface area contributed by atoms with Gasteiger partial charge < -0.3 is 14.2 Å². The maximum Gasteiger partial charge on any atom is 0.304 e. The third kappa shape index (κ3) is 2.29. The molecule has 0 radical (unpaired) electrons. The molecule has 0 spiro atoms. The predicted molar refractivity (Wildman–Crippen MR) is 56.6 cm³/mol. The van der Waals surface area contributed by atoms with E-state index in [2.05, 4.69) is 0 Å². The number of ether oxygens (including phenoxy) is 3. The van der Waals surface area contributed by atoms with Crippen molar-refractivity contribution in [1.29, 1.82) is 0 Å². The fourth-order valence-corrected chi connectivity index (χ4v) is 1.80. The summed E-state index contributed by atoms with van der Waals surface area (Å²) in [6, 6.07) is 0. The van der Waals surface area contributed by atoms with Gasteiger partial charge in [-0.2, -0.15) is 0 Å². The van der Waals surface area contributed by atoms with Crippen LogP contribution in [0.4, 0.5) is 0 Å². The SMILES string of the molecule is CC(=O)OC/C=C1\O[C@@H]2CC(=O)N2C1OC(C)=O. The molecule has 1 amide bonds. The first-order valence-electron chi connectivity index (χ1n) is 5.47. The Morgan fingerprint density at radius 3 is 2.72 bits per heavy atom. The lowest BCUT2D eigenvalue weighted by Gasteiger charge is -2.33. The van der Waals surface area contributed by atoms with E-state index in [1.54, 1.807) is 0 Å². The molecule has 7 nitrogen and oxygen atoms in total. The molecule has 2 atom stereocenters. The maximum atomic E-state index is 11.4. The van der Waals surface area contributed by atoms with Crippen LogP contribution in [0.5, 0.6) is 0 Å². The second-order valence-corrected chi connectivity index (χ2v) is 3.95. The van der Waals surface area contributed by atoms with E-state index >= 15 is 0 Å². The first kappa shape index (κ1) is 12.4. The first-order chi connectivity index (χ1) is 8.49. The average molecular weight is 255 g/mol. The van der Waals surface area contributed by atoms with Crippen LogP contribution in [0, 0.1) is 0 Å². The summed E-state index contributed by atoms with van der Waals surface area (Å²) >= 11 is 0. The predicted octanol–water partition coefficient (Wildman–Crippen LogP) is -0.0888. The zero-order chi connectivity index (χ0) is 13.3. The van der Waals surface area contributed by atoms with Crippen molar-refractivity contribution in [1.82, 2.24) is 4.90 Å². The van der Waals surface area contributed by atoms with E-state index < -0.39 is 18.2 Å². The molecule has 0 aromatic heterocycles. The van der Waals surface area contributed by atoms with E-state index in [1.165, 1.54) is 24.8 Å². The van der Waals surface area contributed by atoms with Crippen LogP contribution in [0.15, 0.2) is 11.8 Å². The van der Waals surface area contributed by atoms with Gasteiger partial charge in [-0.05, 0) is 6.08 Å². The fourth-order valence-electron chi connectivity index (χ4n) is 1.80. The molecule has 0 aromatic carbocycles. The van der Waals surface area contributed by atoms with Gasteiger partial charge in [0.25, 0.3) is 0 Å². The monoisotopic (exact) mass is 255 g/mol. The van der Waals surface area contributed by atoms with Gasteiger partial charge in [-0.1, -0.05) is 0 Å². The van der Waals surface area contributed by atoms with Gasteiger partial charge in [-0.25, -0.2) is 0 Å². The van der Waals surface area contributed by atoms with Crippen LogP contribution in [0.3, 0.4) is 0 Å². The minimum Gasteiger partial charge on any atom is -0.468 e. The van der Waals surface area contributed by atoms with Gasteiger partial charge >= 0.3 is 11.9 Å². The topological polar surface area (TPSA) is 82.1 Å². The van der Waals surface area contributed by atoms with Gasteiger partial charge in [0.05, 0.1) is 6.42 Å². The van der Waals surface area contributed by atoms with Gasteiger partial charge in [-0.3, -0.25) is 19.3 Å². The Bertz CT molecular complexity index is 429. The second kappa shape index (κ2) is 4.67. The maximum absolute atomic E-state index is 11.4. The van der Waals surface area contributed by atoms with Crippen molar-refractivity contribution >= 4 is 17.8 Å². The molecule has 2 heterocycles. The third-order valence-electron chi connectivity index (χ3n) is 2.56. The number of esters is 2. The van der Waals surface area contributed by atoms with E-state index in [0.29, 0.717) is 5.76 Å². The van der Waals surface area contributed by atoms with E-state index in [0.717, 1.165) is 0 Å². The molecule has 98 valence electrons. The Kier molecular flexibility index (Phi) is 3.22. The van der Waals surface area contributed by atoms with Crippen molar-refractivity contribution < 1.29 is 28.6 Å². The lowest BCUT2D eigenvalue weighted by molar-refractivity contribution is -0.173. The van der Waals surface area contributed by atoms with E-state index in [-0.39, 0.29) is 25.2 Å². The Morgan fingerprint density at radius 1 is 1.44 bits per heavy atom. The summed E-state index contributed by atoms with van der Waals surface area (Å²) in [5.74, 6) is -0.750. The second-order valence-electron chi connectivity index (χ2n) is 3.95. The molecule has 7 heteroatoms. The molecule has 2 fully saturated rings. The highest BCUT2D eigenvalue weighted by Crippen LogP contribution is 2.36. The summed E-state index contributed by atoms with van der Waals surface area (Å²) in [7, 11) is 0. The number of hydrogen-bond donors (Lipinski definition) is 0. The summed E-state index contributed by atoms with van der Waals surface area (Å²) in [5.41, 5.74) is 0. The molecule has 18 heavy (non-hydrogen) atoms. The number of carbonyl (C=O) groups is 3. The van der Waals surface area contributed by atoms with Gasteiger partial charge in [-0.15, -0.1) is 0 Å². The highest BCUT2D eigenvalue weighted by molar-refractivity contribution is 5.84. The molecule has 2 rings (SSSR count). The van der Waals surface area contributed by atoms with Gasteiger partial charge in [0.15, 0.2) is 12.0 Å². The molecule has 0 aliphatic carbocycles. The highest BCUT2D eigenvalue weighted by atomic mass is 16.6. The Hall–Kier alpha value is -2.05. The summed E-state index contributed by atoms with van der Waals surface area (Å²) < 4.78 is 15.2. The standard InChI is InChI=1S/C11H13NO6/c1-6(13)16-4-3-8-11(17-7(2)14)12-9(15)5-10(12)18-8/h3,10-11H,4-5H2,1-2H3/b8-3-/t10-,11?/m1/s1. The minimum absolute atomic E-state index is 0.0111. The zero-order valence-electron chi connectivity index (χ0n) is 10.0. The molecule has 2 aliphatic heterocycles. The lowest BCUT2D eigenvalue weighted by Crippen LogP contribution is -2.53. The van der Waals surface area contributed by atoms with Crippen LogP contribution in [-0.4, -0.2) is 41.8 Å². The number of hydrogen-bond acceptors (Lipinski definition) is 6. The summed E-state index contributed by atoms with van der Waals surface area (Å²) in [5, 5.41) is 0. The molecule has 0 N–H and O–H groups in total. The van der Waals surface area contributed by atoms with Crippen LogP contribution in [0.2, 0.25) is 0 Å². The summed E-state index contributed by atoms with van der Waals surface area (Å²) in [6.45, 7) is 2.55. The molecule has 2 saturated heterocycles. The normalized spacial score (nSPS) is 27.3. The average Bonchev–Trinajstić information content (AvgIpc) is 2.49. The Morgan fingerprint density at radius 2 is 2.17 bits per heavy atom. The van der Waals surface area contributed by atoms with Crippen molar-refractivity contribution in [3.05, 3.63) is 11.8 Å². The van der Waals surface area contributed by atoms with Gasteiger partial charge in [0.1, 0.15) is 6.61 Å². The number of carbonyl (C=O) groups excluding carboxylic acids is 3. The van der Waals surface area contributed by atoms with Crippen molar-refractivity contribution in [2.24, 2.45) is 0 Å². The summed E-state index contributed by atoms with van der Waals surface area (Å²) in [4.78, 5) is 34.3. The van der Waals surface area contributed by atoms with Crippen LogP contribution in [-0.2, 0) is 28.6 Å². The number of fused-ring (bicyclic) bond motifs is 1. The largest absolute Gasteiger partial charge is 0.468 e. The minimum atomic E-state index is -0.843. The Labute approximate surface area is 103 Å². The van der Waals surface area contributed by atoms with Crippen molar-refractivity contribution in [3.63, 3.8) is 0 Å². The number of rotatable bonds is 3. The van der Waals surface area contributed by atoms with Crippen LogP contribution < -0.4 is 0 Å². The molecule has 0 aromatic rings. The number of nitrogens with zero attached hydrogens (tertiary/aromatic N) is 1. The lowest BCUT2D eigenvalue weighted by atomic mass is 10.2. The van der Waals surface area contributed by atoms with Gasteiger partial charge in [0, 0.05) is 13.8 Å². The Balaban J connectivity index is 2.06. The highest BCUT2D eigenvalue weighted by Gasteiger charge is 2.52. The van der Waals surface area contributed by atoms with Crippen LogP contribution in [0.1, 0.15) is 20.3 Å². The first-order valence-corrected chi connectivity index (χ1v) is 5.47. The van der Waals surface area contributed by atoms with Crippen LogP contribution >= 0.6 is 0 Å². The molecular formula is C11H13NO6. The summed E-state index contributed by atoms with van der Waals surface area (Å²) in [6.07, 6.45) is 0.526. The quantitative estimate of drug-likeness (QED) is 0.518. The van der Waals surface area contributed by atoms with E-state index in [9.17, 15) is 14.4 Å². The van der Waals surface area contributed by atoms with Crippen molar-refractivity contribution in [2.45, 2.75) is 32.7 Å². The van der Waals surface area contributed by atoms with Crippen LogP contribution in [0.25, 0.3) is 0 Å². The fraction of sp³-hybridized carbons (Fsp3) is 0.545. The molecule has 0 bridgehead atoms. The molecule has 0 saturated carbocycles. The molecular weight excluding hydrogens is 242 g/mol. The zero-order valence-corrected chi connectivity index (χ0v) is 10.0. The van der Waals surface area contributed by atoms with Gasteiger partial charge in [0.2, 0.25) is 12.1 Å². The van der Waals surface area contributed by atoms with Crippen molar-refractivity contribution in [3.8, 4) is 0 Å². The number of β-lactam (4-membered cyclic amide) rings is 1.